The number of hydrogen-bond acceptors (Lipinski definition) is 3. The molecule has 96 valence electrons. The largest absolute Gasteiger partial charge is 0.277 e. The maximum atomic E-state index is 6.22. The monoisotopic (exact) mass is 289 g/mol. The molecule has 0 unspecified atom stereocenters. The summed E-state index contributed by atoms with van der Waals surface area (Å²) in [5, 5.41) is 10.3. The summed E-state index contributed by atoms with van der Waals surface area (Å²) >= 11 is 7.87. The lowest BCUT2D eigenvalue weighted by Crippen LogP contribution is -1.93. The van der Waals surface area contributed by atoms with Crippen LogP contribution in [0.3, 0.4) is 0 Å². The summed E-state index contributed by atoms with van der Waals surface area (Å²) in [5.41, 5.74) is 1.97. The summed E-state index contributed by atoms with van der Waals surface area (Å²) in [4.78, 5) is 0. The Morgan fingerprint density at radius 2 is 1.89 bits per heavy atom. The van der Waals surface area contributed by atoms with Crippen molar-refractivity contribution in [2.24, 2.45) is 0 Å². The molecule has 5 heteroatoms. The van der Waals surface area contributed by atoms with Gasteiger partial charge >= 0.3 is 0 Å². The zero-order valence-corrected chi connectivity index (χ0v) is 11.9. The van der Waals surface area contributed by atoms with Crippen LogP contribution in [0.4, 0.5) is 0 Å². The van der Waals surface area contributed by atoms with Gasteiger partial charge in [-0.05, 0) is 30.7 Å². The Hall–Kier alpha value is -1.52. The number of halogens is 1. The Morgan fingerprint density at radius 1 is 1.11 bits per heavy atom. The van der Waals surface area contributed by atoms with Crippen molar-refractivity contribution in [3.63, 3.8) is 0 Å². The van der Waals surface area contributed by atoms with E-state index in [1.54, 1.807) is 11.8 Å². The van der Waals surface area contributed by atoms with Crippen molar-refractivity contribution in [1.29, 1.82) is 0 Å². The van der Waals surface area contributed by atoms with Crippen LogP contribution >= 0.6 is 23.4 Å². The molecule has 0 bridgehead atoms. The number of aromatic nitrogens is 3. The first-order valence-electron chi connectivity index (χ1n) is 5.96. The average Bonchev–Trinajstić information content (AvgIpc) is 2.83. The first-order chi connectivity index (χ1) is 9.25. The van der Waals surface area contributed by atoms with Crippen LogP contribution in [0.15, 0.2) is 53.8 Å². The minimum Gasteiger partial charge on any atom is -0.277 e. The quantitative estimate of drug-likeness (QED) is 0.676. The third-order valence-electron chi connectivity index (χ3n) is 2.91. The number of benzene rings is 1. The van der Waals surface area contributed by atoms with Gasteiger partial charge in [-0.1, -0.05) is 47.6 Å². The van der Waals surface area contributed by atoms with Gasteiger partial charge in [0.15, 0.2) is 10.8 Å². The summed E-state index contributed by atoms with van der Waals surface area (Å²) in [6.07, 6.45) is 1.97. The zero-order valence-electron chi connectivity index (χ0n) is 10.3. The molecule has 0 spiro atoms. The molecular weight excluding hydrogens is 278 g/mol. The van der Waals surface area contributed by atoms with E-state index in [0.29, 0.717) is 0 Å². The van der Waals surface area contributed by atoms with Crippen molar-refractivity contribution in [3.8, 4) is 0 Å². The van der Waals surface area contributed by atoms with E-state index in [4.69, 9.17) is 11.6 Å². The lowest BCUT2D eigenvalue weighted by atomic mass is 10.2. The third kappa shape index (κ3) is 2.46. The second kappa shape index (κ2) is 5.23. The van der Waals surface area contributed by atoms with Crippen LogP contribution < -0.4 is 0 Å². The number of thioether (sulfide) groups is 1. The molecular formula is C14H12ClN3S. The van der Waals surface area contributed by atoms with Crippen molar-refractivity contribution in [2.75, 3.05) is 0 Å². The van der Waals surface area contributed by atoms with Gasteiger partial charge in [-0.25, -0.2) is 0 Å². The molecule has 1 aromatic carbocycles. The molecule has 2 aromatic heterocycles. The summed E-state index contributed by atoms with van der Waals surface area (Å²) in [6.45, 7) is 2.12. The maximum absolute atomic E-state index is 6.22. The van der Waals surface area contributed by atoms with E-state index in [9.17, 15) is 0 Å². The average molecular weight is 290 g/mol. The first kappa shape index (κ1) is 12.5. The van der Waals surface area contributed by atoms with E-state index in [0.717, 1.165) is 21.4 Å². The fourth-order valence-corrected chi connectivity index (χ4v) is 3.29. The maximum Gasteiger partial charge on any atom is 0.196 e. The highest BCUT2D eigenvalue weighted by Crippen LogP contribution is 2.36. The molecule has 19 heavy (non-hydrogen) atoms. The van der Waals surface area contributed by atoms with Gasteiger partial charge in [0.25, 0.3) is 0 Å². The number of rotatable bonds is 3. The molecule has 0 aliphatic carbocycles. The minimum atomic E-state index is 0.223. The van der Waals surface area contributed by atoms with Crippen molar-refractivity contribution >= 4 is 29.0 Å². The predicted octanol–water partition coefficient (Wildman–Crippen LogP) is 4.24. The van der Waals surface area contributed by atoms with E-state index in [1.165, 1.54) is 0 Å². The van der Waals surface area contributed by atoms with Gasteiger partial charge in [-0.2, -0.15) is 0 Å². The lowest BCUT2D eigenvalue weighted by Gasteiger charge is -2.11. The molecule has 0 N–H and O–H groups in total. The van der Waals surface area contributed by atoms with E-state index in [1.807, 2.05) is 53.1 Å². The fraction of sp³-hybridized carbons (Fsp3) is 0.143. The van der Waals surface area contributed by atoms with Crippen molar-refractivity contribution < 1.29 is 0 Å². The Morgan fingerprint density at radius 3 is 2.74 bits per heavy atom. The molecule has 0 amide bonds. The summed E-state index contributed by atoms with van der Waals surface area (Å²) in [6, 6.07) is 13.8. The standard InChI is InChI=1S/C14H12ClN3S/c1-10(11-6-2-3-7-12(11)15)19-14-17-16-13-8-4-5-9-18(13)14/h2-10H,1H3/t10-/m0/s1. The third-order valence-corrected chi connectivity index (χ3v) is 4.35. The van der Waals surface area contributed by atoms with Gasteiger partial charge in [-0.3, -0.25) is 4.40 Å². The van der Waals surface area contributed by atoms with Crippen molar-refractivity contribution in [3.05, 3.63) is 59.2 Å². The summed E-state index contributed by atoms with van der Waals surface area (Å²) < 4.78 is 1.98. The molecule has 0 saturated heterocycles. The Bertz CT molecular complexity index is 710. The van der Waals surface area contributed by atoms with Crippen LogP contribution in [-0.4, -0.2) is 14.6 Å². The summed E-state index contributed by atoms with van der Waals surface area (Å²) in [7, 11) is 0. The number of fused-ring (bicyclic) bond motifs is 1. The van der Waals surface area contributed by atoms with E-state index in [-0.39, 0.29) is 5.25 Å². The predicted molar refractivity (Wildman–Crippen MR) is 78.7 cm³/mol. The fourth-order valence-electron chi connectivity index (χ4n) is 1.93. The molecule has 3 rings (SSSR count). The molecule has 0 aliphatic heterocycles. The molecule has 0 radical (unpaired) electrons. The number of nitrogens with zero attached hydrogens (tertiary/aromatic N) is 3. The summed E-state index contributed by atoms with van der Waals surface area (Å²) in [5.74, 6) is 0. The highest BCUT2D eigenvalue weighted by molar-refractivity contribution is 7.99. The van der Waals surface area contributed by atoms with Crippen LogP contribution in [0, 0.1) is 0 Å². The molecule has 3 aromatic rings. The first-order valence-corrected chi connectivity index (χ1v) is 7.22. The van der Waals surface area contributed by atoms with Gasteiger partial charge in [-0.15, -0.1) is 10.2 Å². The van der Waals surface area contributed by atoms with Gasteiger partial charge in [0, 0.05) is 16.5 Å². The van der Waals surface area contributed by atoms with E-state index in [2.05, 4.69) is 17.1 Å². The van der Waals surface area contributed by atoms with E-state index < -0.39 is 0 Å². The molecule has 0 aliphatic rings. The lowest BCUT2D eigenvalue weighted by molar-refractivity contribution is 0.911. The molecule has 0 saturated carbocycles. The van der Waals surface area contributed by atoms with Crippen LogP contribution in [0.5, 0.6) is 0 Å². The minimum absolute atomic E-state index is 0.223. The van der Waals surface area contributed by atoms with Gasteiger partial charge in [0.1, 0.15) is 0 Å². The topological polar surface area (TPSA) is 30.2 Å². The second-order valence-corrected chi connectivity index (χ2v) is 5.91. The Labute approximate surface area is 120 Å². The second-order valence-electron chi connectivity index (χ2n) is 4.19. The number of pyridine rings is 1. The molecule has 3 nitrogen and oxygen atoms in total. The molecule has 1 atom stereocenters. The molecule has 2 heterocycles. The highest BCUT2D eigenvalue weighted by Gasteiger charge is 2.14. The van der Waals surface area contributed by atoms with Gasteiger partial charge < -0.3 is 0 Å². The highest BCUT2D eigenvalue weighted by atomic mass is 35.5. The van der Waals surface area contributed by atoms with Gasteiger partial charge in [0.2, 0.25) is 0 Å². The smallest absolute Gasteiger partial charge is 0.196 e. The normalized spacial score (nSPS) is 12.7. The van der Waals surface area contributed by atoms with Gasteiger partial charge in [0.05, 0.1) is 0 Å². The Kier molecular flexibility index (Phi) is 3.44. The van der Waals surface area contributed by atoms with E-state index >= 15 is 0 Å². The van der Waals surface area contributed by atoms with Crippen LogP contribution in [0.25, 0.3) is 5.65 Å². The zero-order chi connectivity index (χ0) is 13.2. The van der Waals surface area contributed by atoms with Crippen LogP contribution in [0.1, 0.15) is 17.7 Å². The molecule has 0 fully saturated rings. The number of hydrogen-bond donors (Lipinski definition) is 0. The SMILES string of the molecule is C[C@H](Sc1nnc2ccccn12)c1ccccc1Cl. The van der Waals surface area contributed by atoms with Crippen LogP contribution in [0.2, 0.25) is 5.02 Å². The van der Waals surface area contributed by atoms with Crippen LogP contribution in [-0.2, 0) is 0 Å². The Balaban J connectivity index is 1.91. The van der Waals surface area contributed by atoms with Crippen molar-refractivity contribution in [2.45, 2.75) is 17.3 Å². The van der Waals surface area contributed by atoms with Crippen molar-refractivity contribution in [1.82, 2.24) is 14.6 Å².